The van der Waals surface area contributed by atoms with Crippen LogP contribution in [0.2, 0.25) is 0 Å². The molecular formula is C77H142O6. The van der Waals surface area contributed by atoms with Crippen LogP contribution in [-0.4, -0.2) is 37.2 Å². The number of hydrogen-bond donors (Lipinski definition) is 0. The fourth-order valence-electron chi connectivity index (χ4n) is 11.2. The van der Waals surface area contributed by atoms with E-state index >= 15 is 0 Å². The summed E-state index contributed by atoms with van der Waals surface area (Å²) in [5.41, 5.74) is 0. The summed E-state index contributed by atoms with van der Waals surface area (Å²) in [4.78, 5) is 38.5. The van der Waals surface area contributed by atoms with Gasteiger partial charge in [0.25, 0.3) is 0 Å². The largest absolute Gasteiger partial charge is 0.462 e. The Morgan fingerprint density at radius 2 is 0.434 bits per heavy atom. The van der Waals surface area contributed by atoms with Crippen molar-refractivity contribution in [3.05, 3.63) is 48.6 Å². The standard InChI is InChI=1S/C77H142O6/c1-4-7-10-13-16-19-22-25-28-31-33-34-35-36-37-38-39-40-41-42-43-44-45-47-49-52-55-58-61-64-67-70-76(79)82-73-74(72-81-75(78)69-66-63-60-57-54-51-48-30-27-24-21-18-15-12-9-6-3)83-77(80)71-68-65-62-59-56-53-50-46-32-29-26-23-20-17-14-11-8-5-2/h22,25,29,31-33,35-36,74H,4-21,23-24,26-28,30,34,37-73H2,1-3H3/b25-22-,32-29-,33-31-,36-35-. The lowest BCUT2D eigenvalue weighted by Gasteiger charge is -2.18. The van der Waals surface area contributed by atoms with E-state index < -0.39 is 6.10 Å². The summed E-state index contributed by atoms with van der Waals surface area (Å²) >= 11 is 0. The first-order chi connectivity index (χ1) is 41.0. The quantitative estimate of drug-likeness (QED) is 0.0261. The number of rotatable bonds is 69. The SMILES string of the molecule is CCCCCCC/C=C\C/C=C\C/C=C\CCCCCCCCCCCCCCCCCCC(=O)OCC(COC(=O)CCCCCCCCCCCCCCCCCC)OC(=O)CCCCCCCCC/C=C\CCCCCCCCC. The second kappa shape index (κ2) is 71.8. The van der Waals surface area contributed by atoms with Gasteiger partial charge < -0.3 is 14.2 Å². The third kappa shape index (κ3) is 70.0. The predicted octanol–water partition coefficient (Wildman–Crippen LogP) is 25.7. The topological polar surface area (TPSA) is 78.9 Å². The predicted molar refractivity (Wildman–Crippen MR) is 362 cm³/mol. The monoisotopic (exact) mass is 1160 g/mol. The molecule has 0 aromatic rings. The Labute approximate surface area is 518 Å². The van der Waals surface area contributed by atoms with E-state index in [2.05, 4.69) is 69.4 Å². The van der Waals surface area contributed by atoms with Crippen LogP contribution in [0.5, 0.6) is 0 Å². The van der Waals surface area contributed by atoms with Crippen LogP contribution in [0.4, 0.5) is 0 Å². The Hall–Kier alpha value is -2.63. The van der Waals surface area contributed by atoms with Crippen molar-refractivity contribution in [2.45, 2.75) is 412 Å². The smallest absolute Gasteiger partial charge is 0.306 e. The van der Waals surface area contributed by atoms with E-state index in [9.17, 15) is 14.4 Å². The van der Waals surface area contributed by atoms with Crippen LogP contribution in [0.25, 0.3) is 0 Å². The highest BCUT2D eigenvalue weighted by molar-refractivity contribution is 5.71. The highest BCUT2D eigenvalue weighted by atomic mass is 16.6. The van der Waals surface area contributed by atoms with Gasteiger partial charge in [-0.1, -0.05) is 352 Å². The third-order valence-electron chi connectivity index (χ3n) is 16.8. The molecule has 1 atom stereocenters. The Bertz CT molecular complexity index is 1430. The van der Waals surface area contributed by atoms with E-state index in [1.807, 2.05) is 0 Å². The van der Waals surface area contributed by atoms with Gasteiger partial charge in [0.05, 0.1) is 0 Å². The summed E-state index contributed by atoms with van der Waals surface area (Å²) in [5.74, 6) is -0.843. The highest BCUT2D eigenvalue weighted by Crippen LogP contribution is 2.18. The summed E-state index contributed by atoms with van der Waals surface area (Å²) < 4.78 is 17.0. The van der Waals surface area contributed by atoms with Crippen molar-refractivity contribution in [3.63, 3.8) is 0 Å². The zero-order valence-electron chi connectivity index (χ0n) is 56.0. The molecule has 0 aromatic carbocycles. The molecule has 6 heteroatoms. The Morgan fingerprint density at radius 1 is 0.241 bits per heavy atom. The van der Waals surface area contributed by atoms with Crippen LogP contribution >= 0.6 is 0 Å². The summed E-state index contributed by atoms with van der Waals surface area (Å²) in [7, 11) is 0. The minimum absolute atomic E-state index is 0.0689. The molecule has 0 saturated carbocycles. The van der Waals surface area contributed by atoms with Gasteiger partial charge in [0, 0.05) is 19.3 Å². The molecule has 0 radical (unpaired) electrons. The molecule has 0 aliphatic heterocycles. The molecule has 0 aliphatic rings. The normalized spacial score (nSPS) is 12.3. The first-order valence-electron chi connectivity index (χ1n) is 37.1. The van der Waals surface area contributed by atoms with Gasteiger partial charge in [0.15, 0.2) is 6.10 Å². The van der Waals surface area contributed by atoms with Gasteiger partial charge in [-0.25, -0.2) is 0 Å². The lowest BCUT2D eigenvalue weighted by Crippen LogP contribution is -2.30. The maximum Gasteiger partial charge on any atom is 0.306 e. The lowest BCUT2D eigenvalue weighted by atomic mass is 10.0. The number of esters is 3. The molecule has 83 heavy (non-hydrogen) atoms. The minimum Gasteiger partial charge on any atom is -0.462 e. The van der Waals surface area contributed by atoms with E-state index in [0.717, 1.165) is 70.6 Å². The van der Waals surface area contributed by atoms with Gasteiger partial charge in [-0.2, -0.15) is 0 Å². The van der Waals surface area contributed by atoms with Gasteiger partial charge >= 0.3 is 17.9 Å². The Kier molecular flexibility index (Phi) is 69.6. The Balaban J connectivity index is 4.21. The van der Waals surface area contributed by atoms with E-state index in [0.29, 0.717) is 19.3 Å². The Morgan fingerprint density at radius 3 is 0.687 bits per heavy atom. The average Bonchev–Trinajstić information content (AvgIpc) is 3.49. The molecule has 0 aliphatic carbocycles. The van der Waals surface area contributed by atoms with E-state index in [4.69, 9.17) is 14.2 Å². The van der Waals surface area contributed by atoms with E-state index in [1.54, 1.807) is 0 Å². The van der Waals surface area contributed by atoms with Crippen molar-refractivity contribution in [2.75, 3.05) is 13.2 Å². The minimum atomic E-state index is -0.774. The van der Waals surface area contributed by atoms with Gasteiger partial charge in [0.1, 0.15) is 13.2 Å². The molecule has 0 rings (SSSR count). The van der Waals surface area contributed by atoms with Crippen LogP contribution in [0.15, 0.2) is 48.6 Å². The van der Waals surface area contributed by atoms with Crippen molar-refractivity contribution in [1.82, 2.24) is 0 Å². The van der Waals surface area contributed by atoms with Gasteiger partial charge in [0.2, 0.25) is 0 Å². The number of carbonyl (C=O) groups is 3. The number of allylic oxidation sites excluding steroid dienone is 8. The van der Waals surface area contributed by atoms with Crippen molar-refractivity contribution in [1.29, 1.82) is 0 Å². The number of hydrogen-bond acceptors (Lipinski definition) is 6. The molecular weight excluding hydrogens is 1020 g/mol. The first kappa shape index (κ1) is 80.4. The molecule has 0 bridgehead atoms. The van der Waals surface area contributed by atoms with Gasteiger partial charge in [-0.3, -0.25) is 14.4 Å². The van der Waals surface area contributed by atoms with Crippen LogP contribution in [-0.2, 0) is 28.6 Å². The zero-order chi connectivity index (χ0) is 59.9. The third-order valence-corrected chi connectivity index (χ3v) is 16.8. The second-order valence-corrected chi connectivity index (χ2v) is 25.2. The van der Waals surface area contributed by atoms with Crippen LogP contribution in [0.1, 0.15) is 406 Å². The summed E-state index contributed by atoms with van der Waals surface area (Å²) in [6, 6.07) is 0. The molecule has 0 spiro atoms. The molecule has 486 valence electrons. The molecule has 0 saturated heterocycles. The fraction of sp³-hybridized carbons (Fsp3) is 0.857. The van der Waals surface area contributed by atoms with Crippen molar-refractivity contribution >= 4 is 17.9 Å². The van der Waals surface area contributed by atoms with Crippen LogP contribution < -0.4 is 0 Å². The van der Waals surface area contributed by atoms with Crippen LogP contribution in [0, 0.1) is 0 Å². The summed E-state index contributed by atoms with van der Waals surface area (Å²) in [5, 5.41) is 0. The molecule has 0 N–H and O–H groups in total. The lowest BCUT2D eigenvalue weighted by molar-refractivity contribution is -0.167. The van der Waals surface area contributed by atoms with Crippen LogP contribution in [0.3, 0.4) is 0 Å². The molecule has 1 unspecified atom stereocenters. The van der Waals surface area contributed by atoms with Crippen molar-refractivity contribution in [3.8, 4) is 0 Å². The maximum absolute atomic E-state index is 13.0. The van der Waals surface area contributed by atoms with E-state index in [-0.39, 0.29) is 31.1 Å². The molecule has 0 aromatic heterocycles. The molecule has 6 nitrogen and oxygen atoms in total. The summed E-state index contributed by atoms with van der Waals surface area (Å²) in [6.45, 7) is 6.70. The first-order valence-corrected chi connectivity index (χ1v) is 37.1. The fourth-order valence-corrected chi connectivity index (χ4v) is 11.2. The number of ether oxygens (including phenoxy) is 3. The van der Waals surface area contributed by atoms with Crippen molar-refractivity contribution in [2.24, 2.45) is 0 Å². The van der Waals surface area contributed by atoms with Gasteiger partial charge in [-0.05, 0) is 83.5 Å². The molecule has 0 amide bonds. The maximum atomic E-state index is 13.0. The average molecular weight is 1160 g/mol. The molecule has 0 fully saturated rings. The van der Waals surface area contributed by atoms with Gasteiger partial charge in [-0.15, -0.1) is 0 Å². The summed E-state index contributed by atoms with van der Waals surface area (Å²) in [6.07, 6.45) is 91.5. The van der Waals surface area contributed by atoms with Crippen molar-refractivity contribution < 1.29 is 28.6 Å². The highest BCUT2D eigenvalue weighted by Gasteiger charge is 2.19. The zero-order valence-corrected chi connectivity index (χ0v) is 56.0. The molecule has 0 heterocycles. The number of carbonyl (C=O) groups excluding carboxylic acids is 3. The number of unbranched alkanes of at least 4 members (excludes halogenated alkanes) is 50. The van der Waals surface area contributed by atoms with E-state index in [1.165, 1.54) is 295 Å². The second-order valence-electron chi connectivity index (χ2n) is 25.2.